The van der Waals surface area contributed by atoms with Gasteiger partial charge in [0.2, 0.25) is 0 Å². The molecule has 0 aliphatic heterocycles. The van der Waals surface area contributed by atoms with Crippen LogP contribution in [0.25, 0.3) is 0 Å². The van der Waals surface area contributed by atoms with Crippen LogP contribution in [-0.2, 0) is 4.79 Å². The summed E-state index contributed by atoms with van der Waals surface area (Å²) in [7, 11) is 1.58. The van der Waals surface area contributed by atoms with Crippen LogP contribution in [0.1, 0.15) is 6.42 Å². The monoisotopic (exact) mass is 192 g/mol. The average Bonchev–Trinajstić information content (AvgIpc) is 2.19. The third-order valence-corrected chi connectivity index (χ3v) is 1.60. The molecule has 3 nitrogen and oxygen atoms in total. The Balaban J connectivity index is 2.59. The van der Waals surface area contributed by atoms with Gasteiger partial charge in [-0.3, -0.25) is 4.79 Å². The fourth-order valence-corrected chi connectivity index (χ4v) is 0.935. The van der Waals surface area contributed by atoms with E-state index in [4.69, 9.17) is 9.47 Å². The Labute approximate surface area is 83.0 Å². The lowest BCUT2D eigenvalue weighted by Crippen LogP contribution is -2.05. The minimum atomic E-state index is -0.315. The number of rotatable bonds is 4. The first kappa shape index (κ1) is 10.3. The van der Waals surface area contributed by atoms with Crippen molar-refractivity contribution in [2.45, 2.75) is 6.42 Å². The number of hydrogen-bond donors (Lipinski definition) is 0. The summed E-state index contributed by atoms with van der Waals surface area (Å²) >= 11 is 0. The molecule has 0 atom stereocenters. The number of hydrogen-bond acceptors (Lipinski definition) is 3. The zero-order chi connectivity index (χ0) is 10.4. The molecular formula is C11H12O3. The Bertz CT molecular complexity index is 314. The SMILES string of the molecule is C=CCC(=O)Oc1ccc(OC)cc1. The molecule has 0 aliphatic carbocycles. The highest BCUT2D eigenvalue weighted by atomic mass is 16.5. The van der Waals surface area contributed by atoms with Gasteiger partial charge in [0.15, 0.2) is 0 Å². The number of esters is 1. The molecule has 1 aromatic carbocycles. The summed E-state index contributed by atoms with van der Waals surface area (Å²) < 4.78 is 9.95. The van der Waals surface area contributed by atoms with Gasteiger partial charge in [0.05, 0.1) is 13.5 Å². The molecule has 0 saturated carbocycles. The van der Waals surface area contributed by atoms with Crippen LogP contribution < -0.4 is 9.47 Å². The smallest absolute Gasteiger partial charge is 0.315 e. The molecule has 0 saturated heterocycles. The van der Waals surface area contributed by atoms with Gasteiger partial charge in [-0.25, -0.2) is 0 Å². The van der Waals surface area contributed by atoms with Gasteiger partial charge in [0, 0.05) is 0 Å². The third kappa shape index (κ3) is 2.94. The van der Waals surface area contributed by atoms with Crippen LogP contribution in [0.3, 0.4) is 0 Å². The number of ether oxygens (including phenoxy) is 2. The standard InChI is InChI=1S/C11H12O3/c1-3-4-11(12)14-10-7-5-9(13-2)6-8-10/h3,5-8H,1,4H2,2H3. The van der Waals surface area contributed by atoms with Gasteiger partial charge in [0.25, 0.3) is 0 Å². The minimum Gasteiger partial charge on any atom is -0.497 e. The highest BCUT2D eigenvalue weighted by Crippen LogP contribution is 2.17. The van der Waals surface area contributed by atoms with Crippen molar-refractivity contribution < 1.29 is 14.3 Å². The zero-order valence-corrected chi connectivity index (χ0v) is 8.03. The van der Waals surface area contributed by atoms with E-state index in [-0.39, 0.29) is 12.4 Å². The topological polar surface area (TPSA) is 35.5 Å². The van der Waals surface area contributed by atoms with Crippen LogP contribution >= 0.6 is 0 Å². The largest absolute Gasteiger partial charge is 0.497 e. The molecular weight excluding hydrogens is 180 g/mol. The highest BCUT2D eigenvalue weighted by Gasteiger charge is 2.01. The first-order valence-corrected chi connectivity index (χ1v) is 4.22. The number of carbonyl (C=O) groups excluding carboxylic acids is 1. The summed E-state index contributed by atoms with van der Waals surface area (Å²) in [5.41, 5.74) is 0. The van der Waals surface area contributed by atoms with Crippen molar-refractivity contribution in [3.63, 3.8) is 0 Å². The second kappa shape index (κ2) is 5.07. The van der Waals surface area contributed by atoms with E-state index in [0.717, 1.165) is 5.75 Å². The van der Waals surface area contributed by atoms with Crippen LogP contribution in [0, 0.1) is 0 Å². The Hall–Kier alpha value is -1.77. The molecule has 0 fully saturated rings. The van der Waals surface area contributed by atoms with E-state index in [9.17, 15) is 4.79 Å². The molecule has 14 heavy (non-hydrogen) atoms. The lowest BCUT2D eigenvalue weighted by Gasteiger charge is -2.03. The molecule has 0 spiro atoms. The molecule has 0 bridgehead atoms. The first-order chi connectivity index (χ1) is 6.76. The van der Waals surface area contributed by atoms with Crippen LogP contribution in [-0.4, -0.2) is 13.1 Å². The number of carbonyl (C=O) groups is 1. The van der Waals surface area contributed by atoms with Crippen molar-refractivity contribution >= 4 is 5.97 Å². The molecule has 1 rings (SSSR count). The van der Waals surface area contributed by atoms with Crippen LogP contribution in [0.5, 0.6) is 11.5 Å². The predicted molar refractivity (Wildman–Crippen MR) is 53.4 cm³/mol. The molecule has 1 aromatic rings. The van der Waals surface area contributed by atoms with Gasteiger partial charge >= 0.3 is 5.97 Å². The molecule has 0 N–H and O–H groups in total. The molecule has 0 unspecified atom stereocenters. The van der Waals surface area contributed by atoms with Crippen molar-refractivity contribution in [1.29, 1.82) is 0 Å². The van der Waals surface area contributed by atoms with Gasteiger partial charge in [-0.2, -0.15) is 0 Å². The van der Waals surface area contributed by atoms with Crippen molar-refractivity contribution in [3.05, 3.63) is 36.9 Å². The summed E-state index contributed by atoms with van der Waals surface area (Å²) in [6, 6.07) is 6.83. The van der Waals surface area contributed by atoms with E-state index in [2.05, 4.69) is 6.58 Å². The molecule has 0 amide bonds. The lowest BCUT2D eigenvalue weighted by molar-refractivity contribution is -0.133. The molecule has 0 aliphatic rings. The van der Waals surface area contributed by atoms with E-state index in [1.54, 1.807) is 31.4 Å². The summed E-state index contributed by atoms with van der Waals surface area (Å²) in [4.78, 5) is 11.0. The summed E-state index contributed by atoms with van der Waals surface area (Å²) in [6.45, 7) is 3.45. The van der Waals surface area contributed by atoms with Crippen molar-refractivity contribution in [2.75, 3.05) is 7.11 Å². The van der Waals surface area contributed by atoms with Crippen molar-refractivity contribution in [2.24, 2.45) is 0 Å². The minimum absolute atomic E-state index is 0.214. The molecule has 0 aromatic heterocycles. The molecule has 74 valence electrons. The predicted octanol–water partition coefficient (Wildman–Crippen LogP) is 2.18. The van der Waals surface area contributed by atoms with Gasteiger partial charge in [0.1, 0.15) is 11.5 Å². The third-order valence-electron chi connectivity index (χ3n) is 1.60. The fraction of sp³-hybridized carbons (Fsp3) is 0.182. The Morgan fingerprint density at radius 2 is 1.93 bits per heavy atom. The van der Waals surface area contributed by atoms with Gasteiger partial charge in [-0.05, 0) is 24.3 Å². The van der Waals surface area contributed by atoms with Gasteiger partial charge in [-0.1, -0.05) is 6.08 Å². The number of benzene rings is 1. The molecule has 0 radical (unpaired) electrons. The second-order valence-electron chi connectivity index (χ2n) is 2.64. The van der Waals surface area contributed by atoms with Crippen molar-refractivity contribution in [3.8, 4) is 11.5 Å². The fourth-order valence-electron chi connectivity index (χ4n) is 0.935. The quantitative estimate of drug-likeness (QED) is 0.416. The van der Waals surface area contributed by atoms with E-state index in [1.807, 2.05) is 0 Å². The van der Waals surface area contributed by atoms with Gasteiger partial charge < -0.3 is 9.47 Å². The summed E-state index contributed by atoms with van der Waals surface area (Å²) in [6.07, 6.45) is 1.72. The Morgan fingerprint density at radius 1 is 1.36 bits per heavy atom. The van der Waals surface area contributed by atoms with E-state index in [1.165, 1.54) is 6.08 Å². The normalized spacial score (nSPS) is 9.21. The first-order valence-electron chi connectivity index (χ1n) is 4.22. The average molecular weight is 192 g/mol. The van der Waals surface area contributed by atoms with E-state index >= 15 is 0 Å². The maximum atomic E-state index is 11.0. The second-order valence-corrected chi connectivity index (χ2v) is 2.64. The van der Waals surface area contributed by atoms with E-state index < -0.39 is 0 Å². The Morgan fingerprint density at radius 3 is 2.43 bits per heavy atom. The Kier molecular flexibility index (Phi) is 3.73. The van der Waals surface area contributed by atoms with Crippen LogP contribution in [0.15, 0.2) is 36.9 Å². The van der Waals surface area contributed by atoms with Gasteiger partial charge in [-0.15, -0.1) is 6.58 Å². The maximum Gasteiger partial charge on any atom is 0.315 e. The molecule has 0 heterocycles. The highest BCUT2D eigenvalue weighted by molar-refractivity contribution is 5.73. The summed E-state index contributed by atoms with van der Waals surface area (Å²) in [5, 5.41) is 0. The molecule has 3 heteroatoms. The summed E-state index contributed by atoms with van der Waals surface area (Å²) in [5.74, 6) is 0.927. The number of methoxy groups -OCH3 is 1. The van der Waals surface area contributed by atoms with Crippen molar-refractivity contribution in [1.82, 2.24) is 0 Å². The lowest BCUT2D eigenvalue weighted by atomic mass is 10.3. The van der Waals surface area contributed by atoms with Crippen LogP contribution in [0.4, 0.5) is 0 Å². The maximum absolute atomic E-state index is 11.0. The van der Waals surface area contributed by atoms with E-state index in [0.29, 0.717) is 5.75 Å². The zero-order valence-electron chi connectivity index (χ0n) is 8.03. The van der Waals surface area contributed by atoms with Crippen LogP contribution in [0.2, 0.25) is 0 Å².